The molecule has 0 spiro atoms. The maximum Gasteiger partial charge on any atom is 0.346 e. The highest BCUT2D eigenvalue weighted by molar-refractivity contribution is 7.12. The van der Waals surface area contributed by atoms with Crippen molar-refractivity contribution in [3.05, 3.63) is 21.9 Å². The summed E-state index contributed by atoms with van der Waals surface area (Å²) >= 11 is 1.26. The van der Waals surface area contributed by atoms with Crippen LogP contribution in [0.25, 0.3) is 0 Å². The van der Waals surface area contributed by atoms with E-state index in [2.05, 4.69) is 13.8 Å². The summed E-state index contributed by atoms with van der Waals surface area (Å²) in [6.45, 7) is 6.15. The molecule has 0 unspecified atom stereocenters. The standard InChI is InChI=1S/C6H6O2S.C4H10/c1-4-2-3-9-5(4)6(7)8;1-3-4-2/h2-3H,1H3,(H,7,8);3-4H2,1-2H3. The largest absolute Gasteiger partial charge is 0.477 e. The molecule has 0 aliphatic carbocycles. The van der Waals surface area contributed by atoms with E-state index < -0.39 is 5.97 Å². The summed E-state index contributed by atoms with van der Waals surface area (Å²) in [6, 6.07) is 1.80. The van der Waals surface area contributed by atoms with Crippen molar-refractivity contribution in [2.75, 3.05) is 0 Å². The number of hydrogen-bond acceptors (Lipinski definition) is 2. The molecule has 0 fully saturated rings. The van der Waals surface area contributed by atoms with Gasteiger partial charge in [0.15, 0.2) is 0 Å². The highest BCUT2D eigenvalue weighted by Gasteiger charge is 2.05. The van der Waals surface area contributed by atoms with E-state index in [1.165, 1.54) is 24.2 Å². The van der Waals surface area contributed by atoms with Crippen LogP contribution in [0.1, 0.15) is 41.9 Å². The highest BCUT2D eigenvalue weighted by atomic mass is 32.1. The highest BCUT2D eigenvalue weighted by Crippen LogP contribution is 2.14. The van der Waals surface area contributed by atoms with Gasteiger partial charge in [-0.1, -0.05) is 26.7 Å². The predicted octanol–water partition coefficient (Wildman–Crippen LogP) is 3.56. The number of aromatic carboxylic acids is 1. The summed E-state index contributed by atoms with van der Waals surface area (Å²) in [4.78, 5) is 10.7. The Bertz CT molecular complexity index is 251. The van der Waals surface area contributed by atoms with E-state index in [0.29, 0.717) is 4.88 Å². The van der Waals surface area contributed by atoms with Gasteiger partial charge >= 0.3 is 5.97 Å². The molecule has 0 aromatic carbocycles. The molecule has 1 N–H and O–H groups in total. The number of thiophene rings is 1. The number of carbonyl (C=O) groups is 1. The minimum atomic E-state index is -0.831. The molecule has 0 amide bonds. The first-order chi connectivity index (χ1) is 6.13. The van der Waals surface area contributed by atoms with Crippen molar-refractivity contribution in [1.82, 2.24) is 0 Å². The number of rotatable bonds is 2. The van der Waals surface area contributed by atoms with Crippen molar-refractivity contribution in [3.63, 3.8) is 0 Å². The fourth-order valence-electron chi connectivity index (χ4n) is 0.592. The third kappa shape index (κ3) is 4.68. The second kappa shape index (κ2) is 6.66. The Hall–Kier alpha value is -0.830. The van der Waals surface area contributed by atoms with E-state index in [1.54, 1.807) is 18.4 Å². The smallest absolute Gasteiger partial charge is 0.346 e. The quantitative estimate of drug-likeness (QED) is 0.792. The van der Waals surface area contributed by atoms with E-state index in [4.69, 9.17) is 5.11 Å². The third-order valence-corrected chi connectivity index (χ3v) is 2.56. The summed E-state index contributed by atoms with van der Waals surface area (Å²) in [5, 5.41) is 10.2. The maximum absolute atomic E-state index is 10.3. The Morgan fingerprint density at radius 2 is 2.00 bits per heavy atom. The van der Waals surface area contributed by atoms with Crippen molar-refractivity contribution < 1.29 is 9.90 Å². The van der Waals surface area contributed by atoms with Crippen LogP contribution >= 0.6 is 11.3 Å². The summed E-state index contributed by atoms with van der Waals surface area (Å²) in [7, 11) is 0. The number of carboxylic acid groups (broad SMARTS) is 1. The second-order valence-electron chi connectivity index (χ2n) is 2.74. The first kappa shape index (κ1) is 12.2. The molecule has 0 saturated carbocycles. The number of hydrogen-bond donors (Lipinski definition) is 1. The molecule has 0 saturated heterocycles. The van der Waals surface area contributed by atoms with Gasteiger partial charge in [-0.2, -0.15) is 0 Å². The Balaban J connectivity index is 0.000000310. The Morgan fingerprint density at radius 3 is 2.15 bits per heavy atom. The first-order valence-electron chi connectivity index (χ1n) is 4.40. The van der Waals surface area contributed by atoms with E-state index in [0.717, 1.165) is 5.56 Å². The van der Waals surface area contributed by atoms with Gasteiger partial charge in [-0.25, -0.2) is 4.79 Å². The molecule has 0 bridgehead atoms. The fourth-order valence-corrected chi connectivity index (χ4v) is 1.35. The maximum atomic E-state index is 10.3. The van der Waals surface area contributed by atoms with Gasteiger partial charge in [0.25, 0.3) is 0 Å². The molecule has 0 radical (unpaired) electrons. The molecule has 0 aliphatic heterocycles. The lowest BCUT2D eigenvalue weighted by molar-refractivity contribution is 0.0701. The Labute approximate surface area is 83.2 Å². The van der Waals surface area contributed by atoms with Crippen LogP contribution in [0.5, 0.6) is 0 Å². The van der Waals surface area contributed by atoms with Crippen molar-refractivity contribution in [2.45, 2.75) is 33.6 Å². The van der Waals surface area contributed by atoms with E-state index in [-0.39, 0.29) is 0 Å². The lowest BCUT2D eigenvalue weighted by Gasteiger charge is -1.86. The topological polar surface area (TPSA) is 37.3 Å². The summed E-state index contributed by atoms with van der Waals surface area (Å²) in [5.41, 5.74) is 0.840. The van der Waals surface area contributed by atoms with E-state index in [9.17, 15) is 4.79 Å². The Kier molecular flexibility index (Phi) is 6.24. The average Bonchev–Trinajstić information content (AvgIpc) is 2.52. The van der Waals surface area contributed by atoms with Gasteiger partial charge in [0, 0.05) is 0 Å². The molecule has 13 heavy (non-hydrogen) atoms. The summed E-state index contributed by atoms with van der Waals surface area (Å²) in [6.07, 6.45) is 2.64. The molecule has 2 nitrogen and oxygen atoms in total. The van der Waals surface area contributed by atoms with Gasteiger partial charge in [0.2, 0.25) is 0 Å². The van der Waals surface area contributed by atoms with Gasteiger partial charge in [-0.15, -0.1) is 11.3 Å². The molecule has 1 heterocycles. The number of carboxylic acids is 1. The molecule has 1 aromatic heterocycles. The minimum absolute atomic E-state index is 0.440. The SMILES string of the molecule is CCCC.Cc1ccsc1C(=O)O. The second-order valence-corrected chi connectivity index (χ2v) is 3.65. The van der Waals surface area contributed by atoms with Crippen LogP contribution in [-0.4, -0.2) is 11.1 Å². The zero-order valence-corrected chi connectivity index (χ0v) is 9.15. The first-order valence-corrected chi connectivity index (χ1v) is 5.28. The minimum Gasteiger partial charge on any atom is -0.477 e. The van der Waals surface area contributed by atoms with Gasteiger partial charge < -0.3 is 5.11 Å². The molecular weight excluding hydrogens is 184 g/mol. The molecule has 0 atom stereocenters. The van der Waals surface area contributed by atoms with Crippen molar-refractivity contribution in [3.8, 4) is 0 Å². The third-order valence-electron chi connectivity index (χ3n) is 1.56. The fraction of sp³-hybridized carbons (Fsp3) is 0.500. The van der Waals surface area contributed by atoms with Crippen LogP contribution in [0.15, 0.2) is 11.4 Å². The van der Waals surface area contributed by atoms with Gasteiger partial charge in [-0.3, -0.25) is 0 Å². The molecule has 0 aliphatic rings. The van der Waals surface area contributed by atoms with Gasteiger partial charge in [0.1, 0.15) is 4.88 Å². The normalized spacial score (nSPS) is 8.85. The van der Waals surface area contributed by atoms with Crippen LogP contribution in [0.4, 0.5) is 0 Å². The Morgan fingerprint density at radius 1 is 1.46 bits per heavy atom. The van der Waals surface area contributed by atoms with Crippen molar-refractivity contribution >= 4 is 17.3 Å². The number of aryl methyl sites for hydroxylation is 1. The molecule has 1 aromatic rings. The van der Waals surface area contributed by atoms with Crippen LogP contribution < -0.4 is 0 Å². The summed E-state index contributed by atoms with van der Waals surface area (Å²) < 4.78 is 0. The molecule has 1 rings (SSSR count). The van der Waals surface area contributed by atoms with Crippen LogP contribution in [-0.2, 0) is 0 Å². The van der Waals surface area contributed by atoms with Crippen LogP contribution in [0.2, 0.25) is 0 Å². The number of unbranched alkanes of at least 4 members (excludes halogenated alkanes) is 1. The lowest BCUT2D eigenvalue weighted by atomic mass is 10.3. The molecule has 3 heteroatoms. The zero-order chi connectivity index (χ0) is 10.3. The van der Waals surface area contributed by atoms with Gasteiger partial charge in [-0.05, 0) is 23.9 Å². The predicted molar refractivity (Wildman–Crippen MR) is 56.6 cm³/mol. The van der Waals surface area contributed by atoms with E-state index >= 15 is 0 Å². The van der Waals surface area contributed by atoms with Crippen molar-refractivity contribution in [2.24, 2.45) is 0 Å². The van der Waals surface area contributed by atoms with Crippen LogP contribution in [0, 0.1) is 6.92 Å². The van der Waals surface area contributed by atoms with Crippen molar-refractivity contribution in [1.29, 1.82) is 0 Å². The van der Waals surface area contributed by atoms with E-state index in [1.807, 2.05) is 0 Å². The van der Waals surface area contributed by atoms with Crippen LogP contribution in [0.3, 0.4) is 0 Å². The molecule has 74 valence electrons. The summed E-state index contributed by atoms with van der Waals surface area (Å²) in [5.74, 6) is -0.831. The van der Waals surface area contributed by atoms with Gasteiger partial charge in [0.05, 0.1) is 0 Å². The average molecular weight is 200 g/mol. The molecular formula is C10H16O2S. The monoisotopic (exact) mass is 200 g/mol. The lowest BCUT2D eigenvalue weighted by Crippen LogP contribution is -1.92. The zero-order valence-electron chi connectivity index (χ0n) is 8.33.